The number of aliphatic hydroxyl groups is 1. The number of hydrogen-bond acceptors (Lipinski definition) is 4. The largest absolute Gasteiger partial charge is 0.389 e. The standard InChI is InChI=1S/C10H13ClN2O3S/c1-10(14)3-5-13(7-10)17(15,16)9-6-12-4-2-8(9)11/h2,4,6,14H,3,5,7H2,1H3. The lowest BCUT2D eigenvalue weighted by Crippen LogP contribution is -2.34. The number of halogens is 1. The van der Waals surface area contributed by atoms with Crippen LogP contribution in [0.5, 0.6) is 0 Å². The molecule has 2 rings (SSSR count). The van der Waals surface area contributed by atoms with E-state index in [1.165, 1.54) is 22.8 Å². The SMILES string of the molecule is CC1(O)CCN(S(=O)(=O)c2cnccc2Cl)C1. The van der Waals surface area contributed by atoms with Crippen LogP contribution >= 0.6 is 11.6 Å². The Kier molecular flexibility index (Phi) is 3.15. The maximum Gasteiger partial charge on any atom is 0.246 e. The fourth-order valence-corrected chi connectivity index (χ4v) is 3.76. The average molecular weight is 277 g/mol. The Morgan fingerprint density at radius 1 is 1.59 bits per heavy atom. The van der Waals surface area contributed by atoms with Gasteiger partial charge in [0.15, 0.2) is 0 Å². The first-order chi connectivity index (χ1) is 7.83. The molecule has 1 atom stereocenters. The number of hydrogen-bond donors (Lipinski definition) is 1. The van der Waals surface area contributed by atoms with Crippen molar-refractivity contribution in [3.05, 3.63) is 23.5 Å². The molecule has 1 aromatic rings. The normalized spacial score (nSPS) is 26.3. The van der Waals surface area contributed by atoms with Crippen LogP contribution in [-0.4, -0.2) is 41.5 Å². The first-order valence-electron chi connectivity index (χ1n) is 5.15. The lowest BCUT2D eigenvalue weighted by Gasteiger charge is -2.19. The van der Waals surface area contributed by atoms with Crippen LogP contribution in [0, 0.1) is 0 Å². The predicted octanol–water partition coefficient (Wildman–Crippen LogP) is 0.880. The number of sulfonamides is 1. The van der Waals surface area contributed by atoms with E-state index in [0.29, 0.717) is 13.0 Å². The molecule has 17 heavy (non-hydrogen) atoms. The molecule has 1 aliphatic rings. The summed E-state index contributed by atoms with van der Waals surface area (Å²) in [5.74, 6) is 0. The Morgan fingerprint density at radius 3 is 2.82 bits per heavy atom. The molecule has 1 N–H and O–H groups in total. The molecular formula is C10H13ClN2O3S. The highest BCUT2D eigenvalue weighted by Crippen LogP contribution is 2.29. The first kappa shape index (κ1) is 12.8. The minimum absolute atomic E-state index is 0.0145. The van der Waals surface area contributed by atoms with Crippen molar-refractivity contribution in [1.82, 2.24) is 9.29 Å². The Hall–Kier alpha value is -0.690. The van der Waals surface area contributed by atoms with E-state index in [-0.39, 0.29) is 16.5 Å². The molecule has 0 spiro atoms. The molecule has 7 heteroatoms. The third-order valence-corrected chi connectivity index (χ3v) is 5.08. The maximum absolute atomic E-state index is 12.2. The molecule has 0 aliphatic carbocycles. The topological polar surface area (TPSA) is 70.5 Å². The van der Waals surface area contributed by atoms with E-state index in [4.69, 9.17) is 11.6 Å². The highest BCUT2D eigenvalue weighted by Gasteiger charge is 2.39. The molecule has 1 saturated heterocycles. The van der Waals surface area contributed by atoms with Gasteiger partial charge in [0.05, 0.1) is 10.6 Å². The number of nitrogens with zero attached hydrogens (tertiary/aromatic N) is 2. The molecule has 0 radical (unpaired) electrons. The van der Waals surface area contributed by atoms with E-state index in [9.17, 15) is 13.5 Å². The molecule has 0 saturated carbocycles. The van der Waals surface area contributed by atoms with Gasteiger partial charge in [0, 0.05) is 25.5 Å². The minimum Gasteiger partial charge on any atom is -0.389 e. The van der Waals surface area contributed by atoms with Gasteiger partial charge in [0.25, 0.3) is 0 Å². The summed E-state index contributed by atoms with van der Waals surface area (Å²) < 4.78 is 25.7. The van der Waals surface area contributed by atoms with Gasteiger partial charge in [-0.3, -0.25) is 4.98 Å². The summed E-state index contributed by atoms with van der Waals surface area (Å²) in [4.78, 5) is 3.75. The summed E-state index contributed by atoms with van der Waals surface area (Å²) in [6.45, 7) is 1.99. The van der Waals surface area contributed by atoms with E-state index in [1.54, 1.807) is 6.92 Å². The molecule has 5 nitrogen and oxygen atoms in total. The summed E-state index contributed by atoms with van der Waals surface area (Å²) in [5.41, 5.74) is -0.970. The van der Waals surface area contributed by atoms with E-state index < -0.39 is 15.6 Å². The van der Waals surface area contributed by atoms with Crippen molar-refractivity contribution in [2.45, 2.75) is 23.8 Å². The van der Waals surface area contributed by atoms with Gasteiger partial charge in [-0.15, -0.1) is 0 Å². The molecule has 94 valence electrons. The Morgan fingerprint density at radius 2 is 2.29 bits per heavy atom. The van der Waals surface area contributed by atoms with Gasteiger partial charge in [-0.05, 0) is 19.4 Å². The summed E-state index contributed by atoms with van der Waals surface area (Å²) in [6.07, 6.45) is 3.08. The van der Waals surface area contributed by atoms with E-state index in [2.05, 4.69) is 4.98 Å². The van der Waals surface area contributed by atoms with E-state index in [1.807, 2.05) is 0 Å². The van der Waals surface area contributed by atoms with Crippen molar-refractivity contribution >= 4 is 21.6 Å². The molecule has 2 heterocycles. The van der Waals surface area contributed by atoms with Crippen LogP contribution in [0.1, 0.15) is 13.3 Å². The fourth-order valence-electron chi connectivity index (χ4n) is 1.80. The van der Waals surface area contributed by atoms with Gasteiger partial charge in [-0.25, -0.2) is 8.42 Å². The highest BCUT2D eigenvalue weighted by molar-refractivity contribution is 7.89. The summed E-state index contributed by atoms with van der Waals surface area (Å²) in [7, 11) is -3.66. The van der Waals surface area contributed by atoms with Crippen molar-refractivity contribution in [1.29, 1.82) is 0 Å². The highest BCUT2D eigenvalue weighted by atomic mass is 35.5. The summed E-state index contributed by atoms with van der Waals surface area (Å²) in [6, 6.07) is 1.43. The lowest BCUT2D eigenvalue weighted by molar-refractivity contribution is 0.0762. The minimum atomic E-state index is -3.66. The molecule has 1 aromatic heterocycles. The van der Waals surface area contributed by atoms with Crippen molar-refractivity contribution in [2.75, 3.05) is 13.1 Å². The average Bonchev–Trinajstić information content (AvgIpc) is 2.60. The number of pyridine rings is 1. The van der Waals surface area contributed by atoms with Crippen LogP contribution in [0.2, 0.25) is 5.02 Å². The van der Waals surface area contributed by atoms with Crippen molar-refractivity contribution in [3.63, 3.8) is 0 Å². The zero-order valence-electron chi connectivity index (χ0n) is 9.30. The smallest absolute Gasteiger partial charge is 0.246 e. The zero-order chi connectivity index (χ0) is 12.7. The van der Waals surface area contributed by atoms with Gasteiger partial charge in [-0.2, -0.15) is 4.31 Å². The van der Waals surface area contributed by atoms with Crippen molar-refractivity contribution in [2.24, 2.45) is 0 Å². The Labute approximate surface area is 105 Å². The monoisotopic (exact) mass is 276 g/mol. The molecular weight excluding hydrogens is 264 g/mol. The summed E-state index contributed by atoms with van der Waals surface area (Å²) in [5, 5.41) is 9.93. The third kappa shape index (κ3) is 2.44. The van der Waals surface area contributed by atoms with Gasteiger partial charge in [0.1, 0.15) is 4.90 Å². The van der Waals surface area contributed by atoms with Gasteiger partial charge < -0.3 is 5.11 Å². The quantitative estimate of drug-likeness (QED) is 0.871. The molecule has 1 aliphatic heterocycles. The molecule has 1 unspecified atom stereocenters. The van der Waals surface area contributed by atoms with Gasteiger partial charge >= 0.3 is 0 Å². The maximum atomic E-state index is 12.2. The molecule has 0 bridgehead atoms. The Balaban J connectivity index is 2.36. The van der Waals surface area contributed by atoms with Crippen LogP contribution in [-0.2, 0) is 10.0 Å². The lowest BCUT2D eigenvalue weighted by atomic mass is 10.1. The second-order valence-electron chi connectivity index (χ2n) is 4.39. The van der Waals surface area contributed by atoms with Crippen LogP contribution in [0.3, 0.4) is 0 Å². The molecule has 1 fully saturated rings. The zero-order valence-corrected chi connectivity index (χ0v) is 10.9. The number of aromatic nitrogens is 1. The van der Waals surface area contributed by atoms with E-state index in [0.717, 1.165) is 0 Å². The first-order valence-corrected chi connectivity index (χ1v) is 6.97. The molecule has 0 aromatic carbocycles. The van der Waals surface area contributed by atoms with E-state index >= 15 is 0 Å². The number of rotatable bonds is 2. The summed E-state index contributed by atoms with van der Waals surface area (Å²) >= 11 is 5.85. The van der Waals surface area contributed by atoms with Gasteiger partial charge in [-0.1, -0.05) is 11.6 Å². The third-order valence-electron chi connectivity index (χ3n) is 2.77. The second kappa shape index (κ2) is 4.20. The predicted molar refractivity (Wildman–Crippen MR) is 63.2 cm³/mol. The van der Waals surface area contributed by atoms with Crippen LogP contribution in [0.4, 0.5) is 0 Å². The van der Waals surface area contributed by atoms with Crippen LogP contribution in [0.15, 0.2) is 23.4 Å². The number of β-amino-alcohol motifs (C(OH)–C–C–N with tert-alkyl or cyclic N) is 1. The Bertz CT molecular complexity index is 530. The van der Waals surface area contributed by atoms with Crippen LogP contribution < -0.4 is 0 Å². The fraction of sp³-hybridized carbons (Fsp3) is 0.500. The van der Waals surface area contributed by atoms with Gasteiger partial charge in [0.2, 0.25) is 10.0 Å². The second-order valence-corrected chi connectivity index (χ2v) is 6.71. The van der Waals surface area contributed by atoms with Crippen molar-refractivity contribution in [3.8, 4) is 0 Å². The molecule has 0 amide bonds. The van der Waals surface area contributed by atoms with Crippen LogP contribution in [0.25, 0.3) is 0 Å². The van der Waals surface area contributed by atoms with Crippen molar-refractivity contribution < 1.29 is 13.5 Å².